The molecule has 0 radical (unpaired) electrons. The molecule has 3 heterocycles. The summed E-state index contributed by atoms with van der Waals surface area (Å²) in [5, 5.41) is 3.36. The third-order valence-electron chi connectivity index (χ3n) is 4.81. The van der Waals surface area contributed by atoms with E-state index in [4.69, 9.17) is 4.98 Å². The van der Waals surface area contributed by atoms with E-state index in [0.29, 0.717) is 11.0 Å². The number of carbonyl (C=O) groups is 1. The molecule has 0 spiro atoms. The van der Waals surface area contributed by atoms with Gasteiger partial charge in [-0.25, -0.2) is 4.98 Å². The van der Waals surface area contributed by atoms with E-state index in [1.807, 2.05) is 0 Å². The van der Waals surface area contributed by atoms with Crippen molar-refractivity contribution in [3.63, 3.8) is 0 Å². The van der Waals surface area contributed by atoms with Crippen molar-refractivity contribution in [1.82, 2.24) is 14.9 Å². The Bertz CT molecular complexity index is 901. The van der Waals surface area contributed by atoms with Gasteiger partial charge >= 0.3 is 0 Å². The van der Waals surface area contributed by atoms with Crippen LogP contribution in [-0.2, 0) is 11.3 Å². The summed E-state index contributed by atoms with van der Waals surface area (Å²) in [5.74, 6) is 0.382. The number of benzene rings is 1. The van der Waals surface area contributed by atoms with Gasteiger partial charge in [0.15, 0.2) is 10.8 Å². The maximum Gasteiger partial charge on any atom is 0.223 e. The molecule has 6 heteroatoms. The van der Waals surface area contributed by atoms with Crippen LogP contribution in [0.1, 0.15) is 36.9 Å². The number of thiazole rings is 1. The smallest absolute Gasteiger partial charge is 0.223 e. The Balaban J connectivity index is 1.41. The molecule has 134 valence electrons. The summed E-state index contributed by atoms with van der Waals surface area (Å²) in [6.07, 6.45) is 2.24. The average Bonchev–Trinajstić information content (AvgIpc) is 3.04. The lowest BCUT2D eigenvalue weighted by Gasteiger charge is -2.31. The van der Waals surface area contributed by atoms with Gasteiger partial charge in [0.1, 0.15) is 0 Å². The molecule has 26 heavy (non-hydrogen) atoms. The van der Waals surface area contributed by atoms with Gasteiger partial charge in [-0.3, -0.25) is 9.69 Å². The fourth-order valence-electron chi connectivity index (χ4n) is 3.49. The normalized spacial score (nSPS) is 16.0. The molecular formula is C20H22N4OS. The predicted molar refractivity (Wildman–Crippen MR) is 105 cm³/mol. The van der Waals surface area contributed by atoms with E-state index in [1.54, 1.807) is 0 Å². The van der Waals surface area contributed by atoms with Crippen LogP contribution < -0.4 is 5.32 Å². The van der Waals surface area contributed by atoms with Crippen molar-refractivity contribution < 1.29 is 4.79 Å². The summed E-state index contributed by atoms with van der Waals surface area (Å²) in [7, 11) is 0. The summed E-state index contributed by atoms with van der Waals surface area (Å²) < 4.78 is 1.01. The van der Waals surface area contributed by atoms with Gasteiger partial charge in [-0.15, -0.1) is 0 Å². The van der Waals surface area contributed by atoms with E-state index in [1.165, 1.54) is 23.8 Å². The number of hydrogen-bond donors (Lipinski definition) is 1. The SMILES string of the molecule is CC(=O)Nc1nc2nc(C3CCN(Cc4ccccc4)CC3)ccc2s1. The third kappa shape index (κ3) is 3.92. The number of anilines is 1. The fraction of sp³-hybridized carbons (Fsp3) is 0.350. The molecule has 1 aliphatic rings. The van der Waals surface area contributed by atoms with Crippen molar-refractivity contribution in [2.75, 3.05) is 18.4 Å². The van der Waals surface area contributed by atoms with Crippen molar-refractivity contribution in [1.29, 1.82) is 0 Å². The molecule has 1 saturated heterocycles. The molecule has 0 unspecified atom stereocenters. The Kier molecular flexibility index (Phi) is 4.95. The van der Waals surface area contributed by atoms with Gasteiger partial charge in [0.2, 0.25) is 5.91 Å². The predicted octanol–water partition coefficient (Wildman–Crippen LogP) is 4.03. The Morgan fingerprint density at radius 3 is 2.65 bits per heavy atom. The summed E-state index contributed by atoms with van der Waals surface area (Å²) >= 11 is 1.47. The molecule has 0 atom stereocenters. The summed E-state index contributed by atoms with van der Waals surface area (Å²) in [6, 6.07) is 14.8. The molecule has 5 nitrogen and oxygen atoms in total. The maximum absolute atomic E-state index is 11.2. The number of amides is 1. The van der Waals surface area contributed by atoms with E-state index in [-0.39, 0.29) is 5.91 Å². The molecule has 1 N–H and O–H groups in total. The first-order chi connectivity index (χ1) is 12.7. The Morgan fingerprint density at radius 2 is 1.92 bits per heavy atom. The molecular weight excluding hydrogens is 344 g/mol. The lowest BCUT2D eigenvalue weighted by atomic mass is 9.93. The van der Waals surface area contributed by atoms with E-state index >= 15 is 0 Å². The number of likely N-dealkylation sites (tertiary alicyclic amines) is 1. The van der Waals surface area contributed by atoms with Crippen LogP contribution >= 0.6 is 11.3 Å². The first kappa shape index (κ1) is 17.1. The number of nitrogens with zero attached hydrogens (tertiary/aromatic N) is 3. The topological polar surface area (TPSA) is 58.1 Å². The first-order valence-corrected chi connectivity index (χ1v) is 9.80. The zero-order chi connectivity index (χ0) is 17.9. The first-order valence-electron chi connectivity index (χ1n) is 8.99. The van der Waals surface area contributed by atoms with Crippen LogP contribution in [0.2, 0.25) is 0 Å². The monoisotopic (exact) mass is 366 g/mol. The average molecular weight is 366 g/mol. The minimum absolute atomic E-state index is 0.102. The van der Waals surface area contributed by atoms with Gasteiger partial charge in [0, 0.05) is 25.1 Å². The molecule has 1 aromatic carbocycles. The Morgan fingerprint density at radius 1 is 1.15 bits per heavy atom. The number of nitrogens with one attached hydrogen (secondary N) is 1. The van der Waals surface area contributed by atoms with Crippen molar-refractivity contribution in [3.05, 3.63) is 53.7 Å². The van der Waals surface area contributed by atoms with E-state index < -0.39 is 0 Å². The summed E-state index contributed by atoms with van der Waals surface area (Å²) in [6.45, 7) is 4.70. The van der Waals surface area contributed by atoms with Crippen LogP contribution in [0.5, 0.6) is 0 Å². The lowest BCUT2D eigenvalue weighted by Crippen LogP contribution is -2.32. The minimum atomic E-state index is -0.102. The van der Waals surface area contributed by atoms with Crippen LogP contribution in [0.25, 0.3) is 10.3 Å². The number of carbonyl (C=O) groups excluding carboxylic acids is 1. The number of aromatic nitrogens is 2. The lowest BCUT2D eigenvalue weighted by molar-refractivity contribution is -0.114. The Hall–Kier alpha value is -2.31. The van der Waals surface area contributed by atoms with Crippen molar-refractivity contribution in [2.45, 2.75) is 32.2 Å². The van der Waals surface area contributed by atoms with Crippen LogP contribution in [0.4, 0.5) is 5.13 Å². The molecule has 1 amide bonds. The second-order valence-electron chi connectivity index (χ2n) is 6.79. The molecule has 1 fully saturated rings. The summed E-state index contributed by atoms with van der Waals surface area (Å²) in [5.41, 5.74) is 3.23. The highest BCUT2D eigenvalue weighted by molar-refractivity contribution is 7.22. The van der Waals surface area contributed by atoms with Crippen LogP contribution in [-0.4, -0.2) is 33.9 Å². The van der Waals surface area contributed by atoms with Crippen molar-refractivity contribution in [2.24, 2.45) is 0 Å². The quantitative estimate of drug-likeness (QED) is 0.757. The molecule has 3 aromatic rings. The van der Waals surface area contributed by atoms with Gasteiger partial charge in [0.05, 0.1) is 4.70 Å². The molecule has 4 rings (SSSR count). The van der Waals surface area contributed by atoms with E-state index in [0.717, 1.165) is 48.5 Å². The van der Waals surface area contributed by atoms with E-state index in [2.05, 4.69) is 57.7 Å². The molecule has 2 aromatic heterocycles. The number of rotatable bonds is 4. The standard InChI is InChI=1S/C20H22N4OS/c1-14(25)21-20-23-19-18(26-20)8-7-17(22-19)16-9-11-24(12-10-16)13-15-5-3-2-4-6-15/h2-8,16H,9-13H2,1H3,(H,21,22,23,25). The number of fused-ring (bicyclic) bond motifs is 1. The van der Waals surface area contributed by atoms with Crippen molar-refractivity contribution in [3.8, 4) is 0 Å². The highest BCUT2D eigenvalue weighted by Crippen LogP contribution is 2.31. The second kappa shape index (κ2) is 7.51. The maximum atomic E-state index is 11.2. The zero-order valence-corrected chi connectivity index (χ0v) is 15.6. The molecule has 0 saturated carbocycles. The van der Waals surface area contributed by atoms with Gasteiger partial charge in [-0.2, -0.15) is 4.98 Å². The third-order valence-corrected chi connectivity index (χ3v) is 5.74. The van der Waals surface area contributed by atoms with E-state index in [9.17, 15) is 4.79 Å². The van der Waals surface area contributed by atoms with Crippen LogP contribution in [0.3, 0.4) is 0 Å². The molecule has 0 aliphatic carbocycles. The number of piperidine rings is 1. The van der Waals surface area contributed by atoms with Crippen LogP contribution in [0, 0.1) is 0 Å². The highest BCUT2D eigenvalue weighted by Gasteiger charge is 2.22. The summed E-state index contributed by atoms with van der Waals surface area (Å²) in [4.78, 5) is 22.9. The fourth-order valence-corrected chi connectivity index (χ4v) is 4.35. The van der Waals surface area contributed by atoms with Gasteiger partial charge in [-0.05, 0) is 43.6 Å². The zero-order valence-electron chi connectivity index (χ0n) is 14.8. The second-order valence-corrected chi connectivity index (χ2v) is 7.82. The number of pyridine rings is 1. The van der Waals surface area contributed by atoms with Crippen molar-refractivity contribution >= 4 is 32.7 Å². The highest BCUT2D eigenvalue weighted by atomic mass is 32.1. The van der Waals surface area contributed by atoms with Gasteiger partial charge in [-0.1, -0.05) is 41.7 Å². The van der Waals surface area contributed by atoms with Gasteiger partial charge < -0.3 is 5.32 Å². The largest absolute Gasteiger partial charge is 0.302 e. The molecule has 0 bridgehead atoms. The minimum Gasteiger partial charge on any atom is -0.302 e. The molecule has 1 aliphatic heterocycles. The number of hydrogen-bond acceptors (Lipinski definition) is 5. The Labute approximate surface area is 157 Å². The van der Waals surface area contributed by atoms with Gasteiger partial charge in [0.25, 0.3) is 0 Å². The van der Waals surface area contributed by atoms with Crippen LogP contribution in [0.15, 0.2) is 42.5 Å².